The van der Waals surface area contributed by atoms with E-state index >= 15 is 0 Å². The molecule has 0 unspecified atom stereocenters. The van der Waals surface area contributed by atoms with Crippen LogP contribution in [0.2, 0.25) is 58.4 Å². The van der Waals surface area contributed by atoms with Gasteiger partial charge in [0.1, 0.15) is 0 Å². The molecule has 0 aromatic carbocycles. The summed E-state index contributed by atoms with van der Waals surface area (Å²) in [4.78, 5) is 0. The fraction of sp³-hybridized carbons (Fsp3) is 1.00. The molecule has 0 saturated carbocycles. The van der Waals surface area contributed by atoms with Gasteiger partial charge in [-0.1, -0.05) is 39.3 Å². The third-order valence-electron chi connectivity index (χ3n) is 2.76. The number of hydrogen-bond acceptors (Lipinski definition) is 2. The fourth-order valence-electron chi connectivity index (χ4n) is 2.38. The molecule has 0 fully saturated rings. The largest absolute Gasteiger partial charge is 0.421 e. The van der Waals surface area contributed by atoms with Crippen LogP contribution in [0.1, 0.15) is 0 Å². The molecular formula is C11H31NOSi3. The van der Waals surface area contributed by atoms with Crippen LogP contribution in [0.3, 0.4) is 0 Å². The van der Waals surface area contributed by atoms with E-state index in [1.54, 1.807) is 0 Å². The standard InChI is InChI=1S/C11H31NOSi3/c1-14(2,3)11(15(4,5)6)13-16(7,8)10-9-12/h11H,9-10,12H2,1-8H3. The van der Waals surface area contributed by atoms with Crippen molar-refractivity contribution in [1.82, 2.24) is 0 Å². The quantitative estimate of drug-likeness (QED) is 0.756. The van der Waals surface area contributed by atoms with Crippen molar-refractivity contribution in [3.8, 4) is 0 Å². The molecule has 0 bridgehead atoms. The molecule has 0 aliphatic rings. The van der Waals surface area contributed by atoms with Crippen LogP contribution < -0.4 is 5.73 Å². The van der Waals surface area contributed by atoms with Gasteiger partial charge in [-0.2, -0.15) is 0 Å². The summed E-state index contributed by atoms with van der Waals surface area (Å²) in [5, 5.41) is 0.563. The maximum Gasteiger partial charge on any atom is 0.187 e. The number of nitrogens with two attached hydrogens (primary N) is 1. The zero-order valence-corrected chi connectivity index (χ0v) is 15.5. The highest BCUT2D eigenvalue weighted by molar-refractivity contribution is 6.97. The summed E-state index contributed by atoms with van der Waals surface area (Å²) in [7, 11) is -4.00. The first-order valence-electron chi connectivity index (χ1n) is 6.28. The van der Waals surface area contributed by atoms with Crippen molar-refractivity contribution in [2.75, 3.05) is 6.54 Å². The Kier molecular flexibility index (Phi) is 5.67. The average Bonchev–Trinajstić information content (AvgIpc) is 1.96. The van der Waals surface area contributed by atoms with E-state index in [0.29, 0.717) is 5.35 Å². The Bertz CT molecular complexity index is 204. The molecule has 0 heterocycles. The number of hydrogen-bond donors (Lipinski definition) is 1. The normalized spacial score (nSPS) is 14.6. The van der Waals surface area contributed by atoms with Gasteiger partial charge in [0.25, 0.3) is 0 Å². The van der Waals surface area contributed by atoms with E-state index in [-0.39, 0.29) is 0 Å². The third-order valence-corrected chi connectivity index (χ3v) is 14.2. The fourth-order valence-corrected chi connectivity index (χ4v) is 19.0. The predicted molar refractivity (Wildman–Crippen MR) is 82.9 cm³/mol. The van der Waals surface area contributed by atoms with Gasteiger partial charge in [0.15, 0.2) is 8.32 Å². The maximum absolute atomic E-state index is 6.59. The summed E-state index contributed by atoms with van der Waals surface area (Å²) in [6, 6.07) is 1.08. The van der Waals surface area contributed by atoms with E-state index in [2.05, 4.69) is 52.4 Å². The van der Waals surface area contributed by atoms with Gasteiger partial charge >= 0.3 is 0 Å². The summed E-state index contributed by atoms with van der Waals surface area (Å²) in [5.41, 5.74) is 5.69. The molecule has 2 nitrogen and oxygen atoms in total. The zero-order chi connectivity index (χ0) is 13.2. The topological polar surface area (TPSA) is 35.2 Å². The van der Waals surface area contributed by atoms with Crippen LogP contribution in [-0.2, 0) is 4.43 Å². The molecule has 0 amide bonds. The van der Waals surface area contributed by atoms with Crippen molar-refractivity contribution < 1.29 is 4.43 Å². The molecule has 16 heavy (non-hydrogen) atoms. The highest BCUT2D eigenvalue weighted by Crippen LogP contribution is 2.26. The second-order valence-corrected chi connectivity index (χ2v) is 22.9. The Labute approximate surface area is 105 Å². The Morgan fingerprint density at radius 3 is 1.50 bits per heavy atom. The molecule has 98 valence electrons. The minimum absolute atomic E-state index is 0.563. The third kappa shape index (κ3) is 5.77. The van der Waals surface area contributed by atoms with Crippen LogP contribution in [0, 0.1) is 0 Å². The minimum Gasteiger partial charge on any atom is -0.421 e. The predicted octanol–water partition coefficient (Wildman–Crippen LogP) is 3.29. The lowest BCUT2D eigenvalue weighted by atomic mass is 10.8. The SMILES string of the molecule is C[Si](C)(CCN)OC([Si](C)(C)C)[Si](C)(C)C. The minimum atomic E-state index is -1.54. The first-order chi connectivity index (χ1) is 6.90. The van der Waals surface area contributed by atoms with Gasteiger partial charge in [-0.15, -0.1) is 0 Å². The summed E-state index contributed by atoms with van der Waals surface area (Å²) in [6.45, 7) is 20.0. The molecule has 5 heteroatoms. The lowest BCUT2D eigenvalue weighted by Gasteiger charge is -2.43. The smallest absolute Gasteiger partial charge is 0.187 e. The van der Waals surface area contributed by atoms with Gasteiger partial charge in [0.05, 0.1) is 16.1 Å². The average molecular weight is 278 g/mol. The van der Waals surface area contributed by atoms with Crippen molar-refractivity contribution in [3.63, 3.8) is 0 Å². The van der Waals surface area contributed by atoms with Gasteiger partial charge in [-0.05, 0) is 25.7 Å². The molecule has 0 saturated heterocycles. The Morgan fingerprint density at radius 2 is 1.25 bits per heavy atom. The lowest BCUT2D eigenvalue weighted by Crippen LogP contribution is -2.59. The Hall–Kier alpha value is 0.571. The first-order valence-corrected chi connectivity index (χ1v) is 16.5. The Balaban J connectivity index is 4.83. The van der Waals surface area contributed by atoms with Crippen LogP contribution >= 0.6 is 0 Å². The van der Waals surface area contributed by atoms with Gasteiger partial charge in [-0.25, -0.2) is 0 Å². The highest BCUT2D eigenvalue weighted by Gasteiger charge is 2.41. The molecule has 0 spiro atoms. The molecule has 0 atom stereocenters. The summed E-state index contributed by atoms with van der Waals surface area (Å²) in [6.07, 6.45) is 0. The van der Waals surface area contributed by atoms with Crippen LogP contribution in [0.15, 0.2) is 0 Å². The molecular weight excluding hydrogens is 246 g/mol. The molecule has 0 radical (unpaired) electrons. The van der Waals surface area contributed by atoms with E-state index in [9.17, 15) is 0 Å². The van der Waals surface area contributed by atoms with Crippen molar-refractivity contribution in [2.45, 2.75) is 63.8 Å². The van der Waals surface area contributed by atoms with Crippen molar-refractivity contribution in [3.05, 3.63) is 0 Å². The second kappa shape index (κ2) is 5.48. The lowest BCUT2D eigenvalue weighted by molar-refractivity contribution is 0.321. The molecule has 0 rings (SSSR count). The monoisotopic (exact) mass is 277 g/mol. The van der Waals surface area contributed by atoms with Crippen LogP contribution in [0.25, 0.3) is 0 Å². The van der Waals surface area contributed by atoms with E-state index in [1.165, 1.54) is 0 Å². The Morgan fingerprint density at radius 1 is 0.875 bits per heavy atom. The molecule has 0 aromatic rings. The zero-order valence-electron chi connectivity index (χ0n) is 12.5. The summed E-state index contributed by atoms with van der Waals surface area (Å²) >= 11 is 0. The summed E-state index contributed by atoms with van der Waals surface area (Å²) in [5.74, 6) is 0. The van der Waals surface area contributed by atoms with Crippen molar-refractivity contribution in [1.29, 1.82) is 0 Å². The van der Waals surface area contributed by atoms with Gasteiger partial charge in [0, 0.05) is 5.35 Å². The van der Waals surface area contributed by atoms with E-state index in [0.717, 1.165) is 12.6 Å². The highest BCUT2D eigenvalue weighted by atomic mass is 28.4. The van der Waals surface area contributed by atoms with Crippen LogP contribution in [-0.4, -0.2) is 36.4 Å². The van der Waals surface area contributed by atoms with E-state index in [4.69, 9.17) is 10.2 Å². The first kappa shape index (κ1) is 16.6. The van der Waals surface area contributed by atoms with Gasteiger partial charge in [0.2, 0.25) is 0 Å². The van der Waals surface area contributed by atoms with E-state index < -0.39 is 24.5 Å². The van der Waals surface area contributed by atoms with Gasteiger partial charge < -0.3 is 10.2 Å². The number of rotatable bonds is 6. The van der Waals surface area contributed by atoms with Crippen LogP contribution in [0.5, 0.6) is 0 Å². The van der Waals surface area contributed by atoms with E-state index in [1.807, 2.05) is 0 Å². The van der Waals surface area contributed by atoms with Gasteiger partial charge in [-0.3, -0.25) is 0 Å². The molecule has 2 N–H and O–H groups in total. The van der Waals surface area contributed by atoms with Crippen molar-refractivity contribution in [2.24, 2.45) is 5.73 Å². The van der Waals surface area contributed by atoms with Crippen molar-refractivity contribution >= 4 is 24.5 Å². The molecule has 0 aliphatic carbocycles. The maximum atomic E-state index is 6.59. The van der Waals surface area contributed by atoms with Crippen LogP contribution in [0.4, 0.5) is 0 Å². The molecule has 0 aliphatic heterocycles. The molecule has 0 aromatic heterocycles. The second-order valence-electron chi connectivity index (χ2n) is 7.53. The summed E-state index contributed by atoms with van der Waals surface area (Å²) < 4.78 is 6.59.